The van der Waals surface area contributed by atoms with E-state index in [1.807, 2.05) is 25.7 Å². The lowest BCUT2D eigenvalue weighted by Crippen LogP contribution is -2.40. The fraction of sp³-hybridized carbons (Fsp3) is 0.579. The van der Waals surface area contributed by atoms with E-state index in [0.717, 1.165) is 24.8 Å². The van der Waals surface area contributed by atoms with E-state index in [4.69, 9.17) is 27.8 Å². The van der Waals surface area contributed by atoms with Crippen LogP contribution in [-0.4, -0.2) is 41.1 Å². The Morgan fingerprint density at radius 3 is 2.56 bits per heavy atom. The molecule has 2 unspecified atom stereocenters. The molecule has 0 aliphatic carbocycles. The van der Waals surface area contributed by atoms with Crippen LogP contribution in [0, 0.1) is 5.92 Å². The van der Waals surface area contributed by atoms with E-state index in [0.29, 0.717) is 5.70 Å². The number of hydrogen-bond donors (Lipinski definition) is 3. The quantitative estimate of drug-likeness (QED) is 0.617. The summed E-state index contributed by atoms with van der Waals surface area (Å²) in [6.07, 6.45) is 5.52. The van der Waals surface area contributed by atoms with Gasteiger partial charge in [0.25, 0.3) is 0 Å². The molecule has 0 saturated carbocycles. The van der Waals surface area contributed by atoms with Gasteiger partial charge in [-0.15, -0.1) is 0 Å². The minimum atomic E-state index is -0.545. The van der Waals surface area contributed by atoms with Crippen molar-refractivity contribution in [2.75, 3.05) is 6.54 Å². The van der Waals surface area contributed by atoms with Crippen LogP contribution in [0.15, 0.2) is 35.2 Å². The molecule has 2 saturated heterocycles. The number of nitrogens with one attached hydrogen (secondary N) is 1. The maximum Gasteiger partial charge on any atom is 0.410 e. The number of allylic oxidation sites excluding steroid dienone is 2. The van der Waals surface area contributed by atoms with Gasteiger partial charge in [-0.1, -0.05) is 18.2 Å². The summed E-state index contributed by atoms with van der Waals surface area (Å²) in [4.78, 5) is 26.1. The molecule has 150 valence electrons. The van der Waals surface area contributed by atoms with Crippen LogP contribution in [0.1, 0.15) is 40.0 Å². The molecule has 0 aromatic rings. The summed E-state index contributed by atoms with van der Waals surface area (Å²) < 4.78 is 5.57. The molecule has 2 amide bonds. The highest BCUT2D eigenvalue weighted by molar-refractivity contribution is 6.31. The van der Waals surface area contributed by atoms with Gasteiger partial charge in [0.15, 0.2) is 0 Å². The molecule has 0 radical (unpaired) electrons. The van der Waals surface area contributed by atoms with Gasteiger partial charge in [0, 0.05) is 18.0 Å². The summed E-state index contributed by atoms with van der Waals surface area (Å²) >= 11 is 6.01. The maximum atomic E-state index is 12.6. The molecular weight excluding hydrogens is 368 g/mol. The number of nitrogens with zero attached hydrogens (tertiary/aromatic N) is 1. The van der Waals surface area contributed by atoms with Crippen molar-refractivity contribution >= 4 is 23.6 Å². The molecule has 0 aromatic carbocycles. The summed E-state index contributed by atoms with van der Waals surface area (Å²) in [5.74, 6) is -0.329. The summed E-state index contributed by atoms with van der Waals surface area (Å²) in [6.45, 7) is 9.08. The molecule has 7 nitrogen and oxygen atoms in total. The van der Waals surface area contributed by atoms with Gasteiger partial charge in [-0.05, 0) is 57.9 Å². The average Bonchev–Trinajstić information content (AvgIpc) is 3.14. The third-order valence-corrected chi connectivity index (χ3v) is 5.03. The van der Waals surface area contributed by atoms with Gasteiger partial charge in [0.1, 0.15) is 5.60 Å². The first kappa shape index (κ1) is 21.3. The zero-order valence-corrected chi connectivity index (χ0v) is 16.9. The molecular formula is C19H29ClN4O3. The topological polar surface area (TPSA) is 111 Å². The zero-order chi connectivity index (χ0) is 20.4. The summed E-state index contributed by atoms with van der Waals surface area (Å²) in [5.41, 5.74) is 11.8. The molecule has 2 fully saturated rings. The standard InChI is InChI=1S/C19H29ClN4O3/c1-11(20)15(23-17(25)10-22)7-12(9-21)14-8-13-5-6-16(14)24(13)18(26)27-19(2,3)4/h7,9,13-14,16H,1,5-6,8,10,21-22H2,2-4H3,(H,23,25)/b12-9+,15-7+/t13?,14-,16?/m1/s1. The Morgan fingerprint density at radius 2 is 2.04 bits per heavy atom. The Morgan fingerprint density at radius 1 is 1.37 bits per heavy atom. The number of ether oxygens (including phenoxy) is 1. The van der Waals surface area contributed by atoms with Crippen LogP contribution in [0.3, 0.4) is 0 Å². The first-order valence-corrected chi connectivity index (χ1v) is 9.44. The van der Waals surface area contributed by atoms with Crippen molar-refractivity contribution in [3.63, 3.8) is 0 Å². The van der Waals surface area contributed by atoms with E-state index >= 15 is 0 Å². The van der Waals surface area contributed by atoms with Crippen LogP contribution in [0.25, 0.3) is 0 Å². The number of carbonyl (C=O) groups is 2. The van der Waals surface area contributed by atoms with E-state index in [1.165, 1.54) is 6.20 Å². The van der Waals surface area contributed by atoms with Crippen molar-refractivity contribution in [1.82, 2.24) is 10.2 Å². The van der Waals surface area contributed by atoms with Crippen molar-refractivity contribution in [3.05, 3.63) is 35.2 Å². The number of hydrogen-bond acceptors (Lipinski definition) is 5. The fourth-order valence-corrected chi connectivity index (χ4v) is 3.88. The molecule has 0 spiro atoms. The third-order valence-electron chi connectivity index (χ3n) is 4.82. The zero-order valence-electron chi connectivity index (χ0n) is 16.1. The molecule has 2 aliphatic rings. The number of nitrogens with two attached hydrogens (primary N) is 2. The van der Waals surface area contributed by atoms with E-state index < -0.39 is 5.60 Å². The highest BCUT2D eigenvalue weighted by Crippen LogP contribution is 2.45. The molecule has 0 aromatic heterocycles. The Kier molecular flexibility index (Phi) is 6.59. The largest absolute Gasteiger partial charge is 0.444 e. The maximum absolute atomic E-state index is 12.6. The van der Waals surface area contributed by atoms with Gasteiger partial charge < -0.3 is 26.4 Å². The molecule has 27 heavy (non-hydrogen) atoms. The second kappa shape index (κ2) is 8.35. The second-order valence-corrected chi connectivity index (χ2v) is 8.37. The van der Waals surface area contributed by atoms with Crippen LogP contribution in [0.2, 0.25) is 0 Å². The molecule has 5 N–H and O–H groups in total. The Hall–Kier alpha value is -1.99. The van der Waals surface area contributed by atoms with Crippen molar-refractivity contribution in [2.24, 2.45) is 17.4 Å². The monoisotopic (exact) mass is 396 g/mol. The lowest BCUT2D eigenvalue weighted by molar-refractivity contribution is -0.118. The van der Waals surface area contributed by atoms with Crippen molar-refractivity contribution < 1.29 is 14.3 Å². The highest BCUT2D eigenvalue weighted by atomic mass is 35.5. The smallest absolute Gasteiger partial charge is 0.410 e. The lowest BCUT2D eigenvalue weighted by atomic mass is 9.83. The predicted molar refractivity (Wildman–Crippen MR) is 106 cm³/mol. The van der Waals surface area contributed by atoms with Crippen LogP contribution in [0.4, 0.5) is 4.79 Å². The molecule has 2 bridgehead atoms. The number of carbonyl (C=O) groups excluding carboxylic acids is 2. The van der Waals surface area contributed by atoms with Gasteiger partial charge in [-0.25, -0.2) is 4.79 Å². The Labute approximate surface area is 165 Å². The predicted octanol–water partition coefficient (Wildman–Crippen LogP) is 2.33. The number of halogens is 1. The Bertz CT molecular complexity index is 681. The van der Waals surface area contributed by atoms with Crippen LogP contribution < -0.4 is 16.8 Å². The van der Waals surface area contributed by atoms with E-state index in [9.17, 15) is 9.59 Å². The van der Waals surface area contributed by atoms with Crippen molar-refractivity contribution in [2.45, 2.75) is 57.7 Å². The van der Waals surface area contributed by atoms with Crippen molar-refractivity contribution in [3.8, 4) is 0 Å². The third kappa shape index (κ3) is 5.05. The normalized spacial score (nSPS) is 25.5. The van der Waals surface area contributed by atoms with Crippen molar-refractivity contribution in [1.29, 1.82) is 0 Å². The van der Waals surface area contributed by atoms with Gasteiger partial charge in [0.2, 0.25) is 5.91 Å². The first-order valence-electron chi connectivity index (χ1n) is 9.07. The van der Waals surface area contributed by atoms with Crippen LogP contribution in [-0.2, 0) is 9.53 Å². The van der Waals surface area contributed by atoms with Crippen LogP contribution >= 0.6 is 11.6 Å². The molecule has 2 heterocycles. The minimum absolute atomic E-state index is 0.00551. The minimum Gasteiger partial charge on any atom is -0.444 e. The first-order chi connectivity index (χ1) is 12.6. The summed E-state index contributed by atoms with van der Waals surface area (Å²) in [7, 11) is 0. The van der Waals surface area contributed by atoms with Gasteiger partial charge in [0.05, 0.1) is 17.3 Å². The van der Waals surface area contributed by atoms with E-state index in [1.54, 1.807) is 6.08 Å². The van der Waals surface area contributed by atoms with E-state index in [-0.39, 0.29) is 41.6 Å². The Balaban J connectivity index is 2.21. The molecule has 2 aliphatic heterocycles. The summed E-state index contributed by atoms with van der Waals surface area (Å²) in [6, 6.07) is 0.130. The molecule has 8 heteroatoms. The molecule has 2 rings (SSSR count). The number of amides is 2. The summed E-state index contributed by atoms with van der Waals surface area (Å²) in [5, 5.41) is 2.81. The van der Waals surface area contributed by atoms with Gasteiger partial charge in [-0.2, -0.15) is 0 Å². The SMILES string of the molecule is C=C(Cl)/C(=C\C(=C/N)[C@H]1CC2CCC1N2C(=O)OC(C)(C)C)NC(=O)CN. The number of rotatable bonds is 5. The lowest BCUT2D eigenvalue weighted by Gasteiger charge is -2.28. The van der Waals surface area contributed by atoms with E-state index in [2.05, 4.69) is 11.9 Å². The van der Waals surface area contributed by atoms with Gasteiger partial charge >= 0.3 is 6.09 Å². The average molecular weight is 397 g/mol. The second-order valence-electron chi connectivity index (χ2n) is 7.91. The fourth-order valence-electron chi connectivity index (χ4n) is 3.77. The highest BCUT2D eigenvalue weighted by Gasteiger charge is 2.50. The number of fused-ring (bicyclic) bond motifs is 2. The van der Waals surface area contributed by atoms with Crippen LogP contribution in [0.5, 0.6) is 0 Å². The molecule has 3 atom stereocenters. The van der Waals surface area contributed by atoms with Gasteiger partial charge in [-0.3, -0.25) is 4.79 Å².